The molecule has 1 heterocycles. The SMILES string of the molecule is CC(CC(C)(C)n1ncc(C(=O)Nc2ccc(OC(F)(F)F)cc2)c1N)C1CCCCC1. The molecule has 1 aliphatic carbocycles. The van der Waals surface area contributed by atoms with Gasteiger partial charge in [0.2, 0.25) is 0 Å². The Labute approximate surface area is 186 Å². The predicted molar refractivity (Wildman–Crippen MR) is 117 cm³/mol. The van der Waals surface area contributed by atoms with Gasteiger partial charge in [0.1, 0.15) is 17.1 Å². The number of carbonyl (C=O) groups is 1. The van der Waals surface area contributed by atoms with Crippen LogP contribution < -0.4 is 15.8 Å². The Morgan fingerprint density at radius 2 is 1.84 bits per heavy atom. The highest BCUT2D eigenvalue weighted by molar-refractivity contribution is 6.07. The molecule has 0 aliphatic heterocycles. The molecule has 1 amide bonds. The number of hydrogen-bond acceptors (Lipinski definition) is 4. The average molecular weight is 453 g/mol. The van der Waals surface area contributed by atoms with Gasteiger partial charge in [-0.3, -0.25) is 4.79 Å². The van der Waals surface area contributed by atoms with Crippen molar-refractivity contribution in [3.8, 4) is 5.75 Å². The molecule has 1 saturated carbocycles. The second-order valence-electron chi connectivity index (χ2n) is 9.27. The van der Waals surface area contributed by atoms with E-state index >= 15 is 0 Å². The monoisotopic (exact) mass is 452 g/mol. The topological polar surface area (TPSA) is 82.2 Å². The molecule has 1 aromatic carbocycles. The minimum absolute atomic E-state index is 0.221. The van der Waals surface area contributed by atoms with Crippen LogP contribution in [0.25, 0.3) is 0 Å². The first kappa shape index (κ1) is 23.9. The predicted octanol–water partition coefficient (Wildman–Crippen LogP) is 5.96. The molecule has 3 N–H and O–H groups in total. The first-order chi connectivity index (χ1) is 15.0. The summed E-state index contributed by atoms with van der Waals surface area (Å²) in [6.45, 7) is 6.41. The molecular formula is C23H31F3N4O2. The fraction of sp³-hybridized carbons (Fsp3) is 0.565. The van der Waals surface area contributed by atoms with Crippen molar-refractivity contribution in [2.24, 2.45) is 11.8 Å². The van der Waals surface area contributed by atoms with Gasteiger partial charge < -0.3 is 15.8 Å². The number of aromatic nitrogens is 2. The number of ether oxygens (including phenoxy) is 1. The van der Waals surface area contributed by atoms with Crippen LogP contribution >= 0.6 is 0 Å². The quantitative estimate of drug-likeness (QED) is 0.543. The number of amides is 1. The Hall–Kier alpha value is -2.71. The lowest BCUT2D eigenvalue weighted by Crippen LogP contribution is -2.33. The van der Waals surface area contributed by atoms with E-state index in [-0.39, 0.29) is 22.7 Å². The van der Waals surface area contributed by atoms with Crippen molar-refractivity contribution in [2.75, 3.05) is 11.1 Å². The normalized spacial score (nSPS) is 16.6. The summed E-state index contributed by atoms with van der Waals surface area (Å²) in [6, 6.07) is 4.92. The number of nitrogens with one attached hydrogen (secondary N) is 1. The van der Waals surface area contributed by atoms with Crippen molar-refractivity contribution in [1.29, 1.82) is 0 Å². The largest absolute Gasteiger partial charge is 0.573 e. The average Bonchev–Trinajstić information content (AvgIpc) is 3.11. The molecule has 6 nitrogen and oxygen atoms in total. The van der Waals surface area contributed by atoms with Gasteiger partial charge in [-0.1, -0.05) is 39.0 Å². The van der Waals surface area contributed by atoms with Gasteiger partial charge in [-0.05, 0) is 56.4 Å². The number of hydrogen-bond donors (Lipinski definition) is 2. The summed E-state index contributed by atoms with van der Waals surface area (Å²) in [5.74, 6) is 0.641. The summed E-state index contributed by atoms with van der Waals surface area (Å²) < 4.78 is 42.4. The molecule has 1 fully saturated rings. The molecule has 1 unspecified atom stereocenters. The van der Waals surface area contributed by atoms with Crippen molar-refractivity contribution in [3.63, 3.8) is 0 Å². The van der Waals surface area contributed by atoms with Crippen LogP contribution in [0, 0.1) is 11.8 Å². The maximum Gasteiger partial charge on any atom is 0.573 e. The number of nitrogen functional groups attached to an aromatic ring is 1. The minimum atomic E-state index is -4.77. The van der Waals surface area contributed by atoms with Crippen LogP contribution in [0.1, 0.15) is 69.7 Å². The minimum Gasteiger partial charge on any atom is -0.406 e. The van der Waals surface area contributed by atoms with E-state index < -0.39 is 12.3 Å². The molecule has 9 heteroatoms. The Kier molecular flexibility index (Phi) is 7.05. The molecule has 2 aromatic rings. The number of carbonyl (C=O) groups excluding carboxylic acids is 1. The van der Waals surface area contributed by atoms with Crippen LogP contribution in [0.15, 0.2) is 30.5 Å². The highest BCUT2D eigenvalue weighted by atomic mass is 19.4. The van der Waals surface area contributed by atoms with E-state index in [2.05, 4.69) is 35.9 Å². The van der Waals surface area contributed by atoms with Gasteiger partial charge in [-0.15, -0.1) is 13.2 Å². The third-order valence-corrected chi connectivity index (χ3v) is 6.25. The number of nitrogens with two attached hydrogens (primary N) is 1. The van der Waals surface area contributed by atoms with E-state index in [1.54, 1.807) is 4.68 Å². The van der Waals surface area contributed by atoms with Crippen LogP contribution in [0.5, 0.6) is 5.75 Å². The van der Waals surface area contributed by atoms with Gasteiger partial charge in [0.25, 0.3) is 5.91 Å². The van der Waals surface area contributed by atoms with Crippen LogP contribution in [0.3, 0.4) is 0 Å². The lowest BCUT2D eigenvalue weighted by molar-refractivity contribution is -0.274. The van der Waals surface area contributed by atoms with E-state index in [1.807, 2.05) is 0 Å². The second-order valence-corrected chi connectivity index (χ2v) is 9.27. The molecule has 1 aromatic heterocycles. The first-order valence-electron chi connectivity index (χ1n) is 11.0. The lowest BCUT2D eigenvalue weighted by Gasteiger charge is -2.35. The van der Waals surface area contributed by atoms with Crippen molar-refractivity contribution in [2.45, 2.75) is 71.2 Å². The van der Waals surface area contributed by atoms with Gasteiger partial charge in [-0.25, -0.2) is 4.68 Å². The molecule has 0 saturated heterocycles. The third kappa shape index (κ3) is 5.95. The first-order valence-corrected chi connectivity index (χ1v) is 11.0. The Morgan fingerprint density at radius 1 is 1.22 bits per heavy atom. The zero-order valence-electron chi connectivity index (χ0n) is 18.7. The molecule has 0 radical (unpaired) electrons. The summed E-state index contributed by atoms with van der Waals surface area (Å²) in [4.78, 5) is 12.7. The number of halogens is 3. The smallest absolute Gasteiger partial charge is 0.406 e. The maximum atomic E-state index is 12.7. The lowest BCUT2D eigenvalue weighted by atomic mass is 9.76. The van der Waals surface area contributed by atoms with Crippen LogP contribution in [-0.4, -0.2) is 22.1 Å². The van der Waals surface area contributed by atoms with E-state index in [0.29, 0.717) is 17.5 Å². The van der Waals surface area contributed by atoms with Gasteiger partial charge >= 0.3 is 6.36 Å². The van der Waals surface area contributed by atoms with Crippen molar-refractivity contribution < 1.29 is 22.7 Å². The Morgan fingerprint density at radius 3 is 2.44 bits per heavy atom. The molecular weight excluding hydrogens is 421 g/mol. The molecule has 3 rings (SSSR count). The fourth-order valence-corrected chi connectivity index (χ4v) is 4.70. The molecule has 176 valence electrons. The van der Waals surface area contributed by atoms with Crippen LogP contribution in [-0.2, 0) is 5.54 Å². The highest BCUT2D eigenvalue weighted by Crippen LogP contribution is 2.37. The van der Waals surface area contributed by atoms with E-state index in [1.165, 1.54) is 50.4 Å². The van der Waals surface area contributed by atoms with Crippen LogP contribution in [0.4, 0.5) is 24.7 Å². The third-order valence-electron chi connectivity index (χ3n) is 6.25. The zero-order valence-corrected chi connectivity index (χ0v) is 18.7. The molecule has 1 atom stereocenters. The summed E-state index contributed by atoms with van der Waals surface area (Å²) in [5, 5.41) is 7.03. The second kappa shape index (κ2) is 9.42. The summed E-state index contributed by atoms with van der Waals surface area (Å²) in [5.41, 5.74) is 6.46. The number of rotatable bonds is 7. The van der Waals surface area contributed by atoms with Crippen molar-refractivity contribution >= 4 is 17.4 Å². The molecule has 1 aliphatic rings. The molecule has 0 spiro atoms. The van der Waals surface area contributed by atoms with E-state index in [0.717, 1.165) is 18.6 Å². The van der Waals surface area contributed by atoms with Crippen LogP contribution in [0.2, 0.25) is 0 Å². The fourth-order valence-electron chi connectivity index (χ4n) is 4.70. The van der Waals surface area contributed by atoms with Gasteiger partial charge in [0.05, 0.1) is 11.7 Å². The summed E-state index contributed by atoms with van der Waals surface area (Å²) in [6.07, 6.45) is 3.95. The van der Waals surface area contributed by atoms with Gasteiger partial charge in [0.15, 0.2) is 0 Å². The maximum absolute atomic E-state index is 12.7. The Balaban J connectivity index is 1.67. The number of nitrogens with zero attached hydrogens (tertiary/aromatic N) is 2. The van der Waals surface area contributed by atoms with Gasteiger partial charge in [-0.2, -0.15) is 5.10 Å². The zero-order chi connectivity index (χ0) is 23.5. The highest BCUT2D eigenvalue weighted by Gasteiger charge is 2.32. The number of anilines is 2. The standard InChI is InChI=1S/C23H31F3N4O2/c1-15(16-7-5-4-6-8-16)13-22(2,3)30-20(27)19(14-28-30)21(31)29-17-9-11-18(12-10-17)32-23(24,25)26/h9-12,14-16H,4-8,13,27H2,1-3H3,(H,29,31). The number of benzene rings is 1. The van der Waals surface area contributed by atoms with E-state index in [9.17, 15) is 18.0 Å². The van der Waals surface area contributed by atoms with Crippen molar-refractivity contribution in [1.82, 2.24) is 9.78 Å². The number of alkyl halides is 3. The summed E-state index contributed by atoms with van der Waals surface area (Å²) >= 11 is 0. The summed E-state index contributed by atoms with van der Waals surface area (Å²) in [7, 11) is 0. The molecule has 32 heavy (non-hydrogen) atoms. The molecule has 0 bridgehead atoms. The van der Waals surface area contributed by atoms with E-state index in [4.69, 9.17) is 5.73 Å². The Bertz CT molecular complexity index is 916. The van der Waals surface area contributed by atoms with Crippen molar-refractivity contribution in [3.05, 3.63) is 36.0 Å². The van der Waals surface area contributed by atoms with Gasteiger partial charge in [0, 0.05) is 5.69 Å².